The van der Waals surface area contributed by atoms with E-state index in [4.69, 9.17) is 0 Å². The SMILES string of the molecule is C=N[N-][NH+](C)C(=O)OC. The van der Waals surface area contributed by atoms with Crippen molar-refractivity contribution in [2.75, 3.05) is 14.2 Å². The van der Waals surface area contributed by atoms with Crippen LogP contribution in [-0.4, -0.2) is 27.0 Å². The Bertz CT molecular complexity index is 114. The van der Waals surface area contributed by atoms with Crippen LogP contribution in [0, 0.1) is 0 Å². The number of alkyl carbamates (subject to hydrolysis) is 1. The summed E-state index contributed by atoms with van der Waals surface area (Å²) in [5, 5.41) is 3.34. The van der Waals surface area contributed by atoms with Gasteiger partial charge in [0, 0.05) is 0 Å². The molecule has 5 heteroatoms. The van der Waals surface area contributed by atoms with Gasteiger partial charge < -0.3 is 15.4 Å². The summed E-state index contributed by atoms with van der Waals surface area (Å²) in [4.78, 5) is 10.5. The molecule has 0 rings (SSSR count). The number of hydrogen-bond donors (Lipinski definition) is 1. The topological polar surface area (TPSA) is 57.2 Å². The zero-order chi connectivity index (χ0) is 7.28. The van der Waals surface area contributed by atoms with E-state index in [1.807, 2.05) is 0 Å². The first kappa shape index (κ1) is 7.90. The van der Waals surface area contributed by atoms with Crippen molar-refractivity contribution in [3.63, 3.8) is 0 Å². The third kappa shape index (κ3) is 2.65. The van der Waals surface area contributed by atoms with E-state index in [-0.39, 0.29) is 5.01 Å². The zero-order valence-electron chi connectivity index (χ0n) is 5.42. The number of amides is 1. The molecule has 0 saturated heterocycles. The second-order valence-corrected chi connectivity index (χ2v) is 1.32. The Morgan fingerprint density at radius 2 is 2.44 bits per heavy atom. The molecule has 0 aliphatic carbocycles. The van der Waals surface area contributed by atoms with Crippen molar-refractivity contribution >= 4 is 12.8 Å². The third-order valence-electron chi connectivity index (χ3n) is 0.702. The first-order chi connectivity index (χ1) is 4.22. The number of carbonyl (C=O) groups is 1. The highest BCUT2D eigenvalue weighted by molar-refractivity contribution is 5.56. The molecule has 1 amide bonds. The van der Waals surface area contributed by atoms with Gasteiger partial charge in [0.15, 0.2) is 0 Å². The molecule has 0 aliphatic heterocycles. The number of methoxy groups -OCH3 is 1. The molecule has 0 aliphatic rings. The summed E-state index contributed by atoms with van der Waals surface area (Å²) in [5.74, 6) is 0. The second kappa shape index (κ2) is 3.85. The minimum atomic E-state index is -0.484. The van der Waals surface area contributed by atoms with Crippen LogP contribution in [0.2, 0.25) is 0 Å². The van der Waals surface area contributed by atoms with Gasteiger partial charge in [-0.15, -0.1) is 0 Å². The van der Waals surface area contributed by atoms with Crippen molar-refractivity contribution < 1.29 is 14.5 Å². The molecule has 0 spiro atoms. The Labute approximate surface area is 53.3 Å². The summed E-state index contributed by atoms with van der Waals surface area (Å²) in [6, 6.07) is 0. The fourth-order valence-electron chi connectivity index (χ4n) is 0.295. The molecule has 1 N–H and O–H groups in total. The number of hydrogen-bond acceptors (Lipinski definition) is 3. The maximum absolute atomic E-state index is 10.5. The molecule has 0 aromatic carbocycles. The van der Waals surface area contributed by atoms with E-state index in [1.54, 1.807) is 0 Å². The van der Waals surface area contributed by atoms with Gasteiger partial charge in [-0.05, 0) is 6.72 Å². The van der Waals surface area contributed by atoms with E-state index in [0.717, 1.165) is 0 Å². The Balaban J connectivity index is 3.58. The summed E-state index contributed by atoms with van der Waals surface area (Å²) >= 11 is 0. The number of carbonyl (C=O) groups excluding carboxylic acids is 1. The average molecular weight is 131 g/mol. The number of ether oxygens (including phenoxy) is 1. The van der Waals surface area contributed by atoms with Gasteiger partial charge in [0.05, 0.1) is 14.2 Å². The van der Waals surface area contributed by atoms with Crippen LogP contribution in [0.5, 0.6) is 0 Å². The Morgan fingerprint density at radius 3 is 2.78 bits per heavy atom. The predicted octanol–water partition coefficient (Wildman–Crippen LogP) is -0.828. The minimum Gasteiger partial charge on any atom is -0.424 e. The van der Waals surface area contributed by atoms with Gasteiger partial charge in [0.1, 0.15) is 0 Å². The van der Waals surface area contributed by atoms with Crippen molar-refractivity contribution in [2.24, 2.45) is 5.10 Å². The van der Waals surface area contributed by atoms with E-state index in [0.29, 0.717) is 0 Å². The molecule has 52 valence electrons. The van der Waals surface area contributed by atoms with Gasteiger partial charge >= 0.3 is 6.09 Å². The molecule has 0 saturated carbocycles. The van der Waals surface area contributed by atoms with Crippen LogP contribution in [0.15, 0.2) is 5.10 Å². The lowest BCUT2D eigenvalue weighted by molar-refractivity contribution is -0.760. The van der Waals surface area contributed by atoms with Gasteiger partial charge in [0.25, 0.3) is 0 Å². The Morgan fingerprint density at radius 1 is 1.89 bits per heavy atom. The molecular formula is C4H9N3O2. The van der Waals surface area contributed by atoms with E-state index < -0.39 is 6.09 Å². The lowest BCUT2D eigenvalue weighted by Gasteiger charge is -2.17. The summed E-state index contributed by atoms with van der Waals surface area (Å²) in [6.45, 7) is 3.07. The maximum Gasteiger partial charge on any atom is 0.509 e. The smallest absolute Gasteiger partial charge is 0.424 e. The number of quaternary nitrogens is 1. The first-order valence-corrected chi connectivity index (χ1v) is 2.31. The highest BCUT2D eigenvalue weighted by Gasteiger charge is 2.04. The van der Waals surface area contributed by atoms with Crippen LogP contribution in [0.4, 0.5) is 4.79 Å². The van der Waals surface area contributed by atoms with Crippen LogP contribution in [0.3, 0.4) is 0 Å². The van der Waals surface area contributed by atoms with Gasteiger partial charge in [-0.25, -0.2) is 0 Å². The molecule has 0 radical (unpaired) electrons. The van der Waals surface area contributed by atoms with Crippen molar-refractivity contribution in [1.82, 2.24) is 0 Å². The van der Waals surface area contributed by atoms with Gasteiger partial charge in [-0.1, -0.05) is 0 Å². The second-order valence-electron chi connectivity index (χ2n) is 1.32. The molecule has 0 heterocycles. The van der Waals surface area contributed by atoms with Gasteiger partial charge in [0.2, 0.25) is 0 Å². The number of nitrogens with zero attached hydrogens (tertiary/aromatic N) is 2. The fourth-order valence-corrected chi connectivity index (χ4v) is 0.295. The number of rotatable bonds is 2. The third-order valence-corrected chi connectivity index (χ3v) is 0.702. The van der Waals surface area contributed by atoms with E-state index >= 15 is 0 Å². The fraction of sp³-hybridized carbons (Fsp3) is 0.500. The maximum atomic E-state index is 10.5. The monoisotopic (exact) mass is 131 g/mol. The lowest BCUT2D eigenvalue weighted by Crippen LogP contribution is -3.07. The average Bonchev–Trinajstić information content (AvgIpc) is 1.87. The predicted molar refractivity (Wildman–Crippen MR) is 32.2 cm³/mol. The molecule has 0 bridgehead atoms. The molecule has 9 heavy (non-hydrogen) atoms. The highest BCUT2D eigenvalue weighted by Crippen LogP contribution is 1.68. The van der Waals surface area contributed by atoms with Gasteiger partial charge in [-0.2, -0.15) is 4.79 Å². The molecule has 0 aromatic rings. The summed E-state index contributed by atoms with van der Waals surface area (Å²) < 4.78 is 4.31. The zero-order valence-corrected chi connectivity index (χ0v) is 5.42. The summed E-state index contributed by atoms with van der Waals surface area (Å²) in [7, 11) is 2.78. The van der Waals surface area contributed by atoms with Crippen molar-refractivity contribution in [3.8, 4) is 0 Å². The molecule has 0 aromatic heterocycles. The number of nitrogens with one attached hydrogen (secondary N) is 1. The van der Waals surface area contributed by atoms with Crippen LogP contribution in [-0.2, 0) is 4.74 Å². The minimum absolute atomic E-state index is 0.201. The van der Waals surface area contributed by atoms with Crippen molar-refractivity contribution in [3.05, 3.63) is 5.53 Å². The quantitative estimate of drug-likeness (QED) is 0.393. The molecule has 1 atom stereocenters. The van der Waals surface area contributed by atoms with E-state index in [1.165, 1.54) is 14.2 Å². The highest BCUT2D eigenvalue weighted by atomic mass is 16.5. The van der Waals surface area contributed by atoms with Gasteiger partial charge in [-0.3, -0.25) is 5.01 Å². The van der Waals surface area contributed by atoms with Crippen molar-refractivity contribution in [2.45, 2.75) is 0 Å². The molecule has 5 nitrogen and oxygen atoms in total. The van der Waals surface area contributed by atoms with E-state index in [9.17, 15) is 4.79 Å². The standard InChI is InChI=1S/C4H9N3O2/c1-5-6-7(2)4(8)9-3/h7H,1H2,2-3H3. The molecule has 0 fully saturated rings. The van der Waals surface area contributed by atoms with E-state index in [2.05, 4.69) is 22.1 Å². The Hall–Kier alpha value is -1.10. The Kier molecular flexibility index (Phi) is 3.38. The normalized spacial score (nSPS) is 11.8. The summed E-state index contributed by atoms with van der Waals surface area (Å²) in [5.41, 5.74) is 3.35. The van der Waals surface area contributed by atoms with Crippen LogP contribution < -0.4 is 5.01 Å². The summed E-state index contributed by atoms with van der Waals surface area (Å²) in [6.07, 6.45) is -0.484. The lowest BCUT2D eigenvalue weighted by atomic mass is 11.0. The largest absolute Gasteiger partial charge is 0.509 e. The first-order valence-electron chi connectivity index (χ1n) is 2.31. The molecular weight excluding hydrogens is 122 g/mol. The van der Waals surface area contributed by atoms with Crippen LogP contribution in [0.1, 0.15) is 0 Å². The molecule has 1 unspecified atom stereocenters. The van der Waals surface area contributed by atoms with Crippen molar-refractivity contribution in [1.29, 1.82) is 0 Å². The van der Waals surface area contributed by atoms with Crippen LogP contribution in [0.25, 0.3) is 5.53 Å². The van der Waals surface area contributed by atoms with Crippen LogP contribution >= 0.6 is 0 Å².